The molecule has 1 aliphatic heterocycles. The molecule has 1 aromatic carbocycles. The number of rotatable bonds is 6. The first-order valence-corrected chi connectivity index (χ1v) is 7.82. The molecule has 0 spiro atoms. The number of guanidine groups is 1. The normalized spacial score (nSPS) is 14.2. The number of amides is 3. The number of carbonyl (C=O) groups is 2. The predicted molar refractivity (Wildman–Crippen MR) is 105 cm³/mol. The molecule has 9 heteroatoms. The molecule has 0 radical (unpaired) electrons. The van der Waals surface area contributed by atoms with E-state index in [9.17, 15) is 9.59 Å². The molecular formula is C15H21ClIN5O2. The number of benzene rings is 1. The molecule has 1 aromatic rings. The minimum absolute atomic E-state index is 0. The minimum atomic E-state index is -0.349. The quantitative estimate of drug-likeness (QED) is 0.258. The van der Waals surface area contributed by atoms with Gasteiger partial charge in [0, 0.05) is 24.7 Å². The topological polar surface area (TPSA) is 85.8 Å². The third-order valence-corrected chi connectivity index (χ3v) is 3.45. The first-order chi connectivity index (χ1) is 11.1. The van der Waals surface area contributed by atoms with Gasteiger partial charge in [0.15, 0.2) is 5.96 Å². The Kier molecular flexibility index (Phi) is 8.83. The number of halogens is 2. The zero-order valence-corrected chi connectivity index (χ0v) is 16.4. The first kappa shape index (κ1) is 20.5. The molecule has 1 aliphatic rings. The third kappa shape index (κ3) is 6.16. The summed E-state index contributed by atoms with van der Waals surface area (Å²) >= 11 is 5.95. The molecule has 3 amide bonds. The number of aliphatic imine (C=N–C) groups is 1. The van der Waals surface area contributed by atoms with E-state index in [2.05, 4.69) is 20.9 Å². The fraction of sp³-hybridized carbons (Fsp3) is 0.400. The molecule has 0 aromatic heterocycles. The van der Waals surface area contributed by atoms with E-state index >= 15 is 0 Å². The van der Waals surface area contributed by atoms with Crippen molar-refractivity contribution < 1.29 is 9.59 Å². The van der Waals surface area contributed by atoms with E-state index in [0.29, 0.717) is 37.2 Å². The van der Waals surface area contributed by atoms with Crippen LogP contribution in [0, 0.1) is 0 Å². The molecule has 0 saturated carbocycles. The van der Waals surface area contributed by atoms with Crippen molar-refractivity contribution in [3.63, 3.8) is 0 Å². The average molecular weight is 466 g/mol. The van der Waals surface area contributed by atoms with Crippen molar-refractivity contribution in [3.8, 4) is 0 Å². The van der Waals surface area contributed by atoms with Crippen LogP contribution in [-0.2, 0) is 11.3 Å². The van der Waals surface area contributed by atoms with Gasteiger partial charge >= 0.3 is 6.03 Å². The summed E-state index contributed by atoms with van der Waals surface area (Å²) < 4.78 is 0. The van der Waals surface area contributed by atoms with Gasteiger partial charge in [-0.1, -0.05) is 23.7 Å². The summed E-state index contributed by atoms with van der Waals surface area (Å²) in [4.78, 5) is 28.6. The van der Waals surface area contributed by atoms with Crippen molar-refractivity contribution in [1.29, 1.82) is 0 Å². The van der Waals surface area contributed by atoms with Gasteiger partial charge in [0.1, 0.15) is 0 Å². The van der Waals surface area contributed by atoms with Crippen molar-refractivity contribution in [2.45, 2.75) is 13.5 Å². The summed E-state index contributed by atoms with van der Waals surface area (Å²) in [6, 6.07) is 7.16. The van der Waals surface area contributed by atoms with E-state index in [1.807, 2.05) is 31.2 Å². The Balaban J connectivity index is 0.00000288. The van der Waals surface area contributed by atoms with E-state index in [-0.39, 0.29) is 42.5 Å². The zero-order valence-electron chi connectivity index (χ0n) is 13.3. The summed E-state index contributed by atoms with van der Waals surface area (Å²) in [5, 5.41) is 9.38. The van der Waals surface area contributed by atoms with E-state index < -0.39 is 0 Å². The number of hydrogen-bond acceptors (Lipinski definition) is 3. The van der Waals surface area contributed by atoms with Crippen LogP contribution in [0.1, 0.15) is 12.5 Å². The number of urea groups is 1. The molecule has 0 unspecified atom stereocenters. The highest BCUT2D eigenvalue weighted by Gasteiger charge is 2.27. The maximum absolute atomic E-state index is 11.5. The van der Waals surface area contributed by atoms with Gasteiger partial charge in [-0.05, 0) is 24.6 Å². The Morgan fingerprint density at radius 1 is 1.38 bits per heavy atom. The van der Waals surface area contributed by atoms with Crippen molar-refractivity contribution in [3.05, 3.63) is 34.9 Å². The molecule has 0 bridgehead atoms. The molecule has 132 valence electrons. The lowest BCUT2D eigenvalue weighted by Gasteiger charge is -2.15. The van der Waals surface area contributed by atoms with Crippen LogP contribution in [0.4, 0.5) is 4.79 Å². The van der Waals surface area contributed by atoms with Gasteiger partial charge in [0.2, 0.25) is 5.91 Å². The lowest BCUT2D eigenvalue weighted by atomic mass is 10.2. The van der Waals surface area contributed by atoms with Crippen LogP contribution in [0.25, 0.3) is 0 Å². The van der Waals surface area contributed by atoms with Crippen molar-refractivity contribution in [2.75, 3.05) is 26.2 Å². The molecule has 1 heterocycles. The molecule has 0 atom stereocenters. The van der Waals surface area contributed by atoms with E-state index in [1.165, 1.54) is 4.90 Å². The first-order valence-electron chi connectivity index (χ1n) is 7.45. The van der Waals surface area contributed by atoms with Crippen LogP contribution in [0.3, 0.4) is 0 Å². The molecule has 0 aliphatic carbocycles. The summed E-state index contributed by atoms with van der Waals surface area (Å²) in [6.45, 7) is 3.96. The highest BCUT2D eigenvalue weighted by Crippen LogP contribution is 2.11. The standard InChI is InChI=1S/C15H20ClN5O2.HI/c1-2-17-14(19-9-11-4-3-5-12(16)8-11)18-6-7-21-13(22)10-20-15(21)23;/h3-5,8H,2,6-7,9-10H2,1H3,(H,20,23)(H2,17,18,19);1H. The molecule has 7 nitrogen and oxygen atoms in total. The van der Waals surface area contributed by atoms with E-state index in [4.69, 9.17) is 11.6 Å². The molecular weight excluding hydrogens is 445 g/mol. The number of imide groups is 1. The predicted octanol–water partition coefficient (Wildman–Crippen LogP) is 1.56. The third-order valence-electron chi connectivity index (χ3n) is 3.22. The van der Waals surface area contributed by atoms with E-state index in [1.54, 1.807) is 0 Å². The number of carbonyl (C=O) groups excluding carboxylic acids is 2. The largest absolute Gasteiger partial charge is 0.357 e. The van der Waals surface area contributed by atoms with Crippen molar-refractivity contribution in [1.82, 2.24) is 20.9 Å². The van der Waals surface area contributed by atoms with Crippen molar-refractivity contribution >= 4 is 53.5 Å². The summed E-state index contributed by atoms with van der Waals surface area (Å²) in [7, 11) is 0. The Morgan fingerprint density at radius 3 is 2.79 bits per heavy atom. The number of hydrogen-bond donors (Lipinski definition) is 3. The van der Waals surface area contributed by atoms with Crippen LogP contribution < -0.4 is 16.0 Å². The Bertz CT molecular complexity index is 595. The highest BCUT2D eigenvalue weighted by molar-refractivity contribution is 14.0. The van der Waals surface area contributed by atoms with Crippen LogP contribution in [0.5, 0.6) is 0 Å². The van der Waals surface area contributed by atoms with Crippen LogP contribution in [0.15, 0.2) is 29.3 Å². The van der Waals surface area contributed by atoms with Crippen LogP contribution in [-0.4, -0.2) is 49.0 Å². The van der Waals surface area contributed by atoms with Gasteiger partial charge in [-0.2, -0.15) is 0 Å². The van der Waals surface area contributed by atoms with Gasteiger partial charge in [0.05, 0.1) is 13.1 Å². The smallest absolute Gasteiger partial charge is 0.324 e. The monoisotopic (exact) mass is 465 g/mol. The number of nitrogens with zero attached hydrogens (tertiary/aromatic N) is 2. The summed E-state index contributed by atoms with van der Waals surface area (Å²) in [5.41, 5.74) is 1.00. The van der Waals surface area contributed by atoms with Gasteiger partial charge in [-0.3, -0.25) is 9.69 Å². The maximum Gasteiger partial charge on any atom is 0.324 e. The minimum Gasteiger partial charge on any atom is -0.357 e. The Hall–Kier alpha value is -1.55. The summed E-state index contributed by atoms with van der Waals surface area (Å²) in [5.74, 6) is 0.414. The molecule has 1 saturated heterocycles. The second kappa shape index (κ2) is 10.3. The second-order valence-corrected chi connectivity index (χ2v) is 5.39. The maximum atomic E-state index is 11.5. The Labute approximate surface area is 163 Å². The SMILES string of the molecule is CCNC(=NCc1cccc(Cl)c1)NCCN1C(=O)CNC1=O.I. The molecule has 3 N–H and O–H groups in total. The number of nitrogens with one attached hydrogen (secondary N) is 3. The summed E-state index contributed by atoms with van der Waals surface area (Å²) in [6.07, 6.45) is 0. The average Bonchev–Trinajstić information content (AvgIpc) is 2.84. The Morgan fingerprint density at radius 2 is 2.17 bits per heavy atom. The molecule has 24 heavy (non-hydrogen) atoms. The van der Waals surface area contributed by atoms with Gasteiger partial charge in [-0.15, -0.1) is 24.0 Å². The van der Waals surface area contributed by atoms with Gasteiger partial charge < -0.3 is 16.0 Å². The lowest BCUT2D eigenvalue weighted by Crippen LogP contribution is -2.43. The highest BCUT2D eigenvalue weighted by atomic mass is 127. The second-order valence-electron chi connectivity index (χ2n) is 4.96. The zero-order chi connectivity index (χ0) is 16.7. The van der Waals surface area contributed by atoms with E-state index in [0.717, 1.165) is 5.56 Å². The van der Waals surface area contributed by atoms with Gasteiger partial charge in [0.25, 0.3) is 0 Å². The van der Waals surface area contributed by atoms with Gasteiger partial charge in [-0.25, -0.2) is 9.79 Å². The van der Waals surface area contributed by atoms with Crippen molar-refractivity contribution in [2.24, 2.45) is 4.99 Å². The van der Waals surface area contributed by atoms with Crippen LogP contribution in [0.2, 0.25) is 5.02 Å². The lowest BCUT2D eigenvalue weighted by molar-refractivity contribution is -0.124. The molecule has 2 rings (SSSR count). The molecule has 1 fully saturated rings. The fourth-order valence-electron chi connectivity index (χ4n) is 2.12. The fourth-order valence-corrected chi connectivity index (χ4v) is 2.33. The van der Waals surface area contributed by atoms with Crippen LogP contribution >= 0.6 is 35.6 Å².